The summed E-state index contributed by atoms with van der Waals surface area (Å²) in [4.78, 5) is 39.5. The van der Waals surface area contributed by atoms with Gasteiger partial charge in [0.1, 0.15) is 17.7 Å². The lowest BCUT2D eigenvalue weighted by Gasteiger charge is -2.29. The number of para-hydroxylation sites is 1. The van der Waals surface area contributed by atoms with E-state index in [-0.39, 0.29) is 23.8 Å². The van der Waals surface area contributed by atoms with Crippen molar-refractivity contribution in [1.29, 1.82) is 0 Å². The molecule has 6 nitrogen and oxygen atoms in total. The molecule has 8 heteroatoms. The van der Waals surface area contributed by atoms with E-state index in [1.807, 2.05) is 36.4 Å². The number of carbonyl (C=O) groups is 3. The second kappa shape index (κ2) is 10.3. The number of nitrogens with one attached hydrogen (secondary N) is 2. The first-order chi connectivity index (χ1) is 17.2. The van der Waals surface area contributed by atoms with Gasteiger partial charge in [-0.15, -0.1) is 0 Å². The fraction of sp³-hybridized carbons (Fsp3) is 0.250. The number of hydrogen-bond acceptors (Lipinski definition) is 3. The number of halogens is 2. The minimum Gasteiger partial charge on any atom is -0.344 e. The summed E-state index contributed by atoms with van der Waals surface area (Å²) < 4.78 is 27.0. The van der Waals surface area contributed by atoms with Gasteiger partial charge in [0, 0.05) is 11.6 Å². The third kappa shape index (κ3) is 5.12. The molecule has 0 saturated carbocycles. The van der Waals surface area contributed by atoms with Crippen LogP contribution in [0.2, 0.25) is 0 Å². The van der Waals surface area contributed by atoms with E-state index in [4.69, 9.17) is 0 Å². The van der Waals surface area contributed by atoms with Crippen molar-refractivity contribution in [3.63, 3.8) is 0 Å². The first kappa shape index (κ1) is 25.0. The molecule has 0 radical (unpaired) electrons. The van der Waals surface area contributed by atoms with Gasteiger partial charge in [-0.3, -0.25) is 19.8 Å². The van der Waals surface area contributed by atoms with Crippen LogP contribution in [0.15, 0.2) is 66.7 Å². The van der Waals surface area contributed by atoms with Gasteiger partial charge in [0.15, 0.2) is 0 Å². The molecule has 0 aliphatic carbocycles. The highest BCUT2D eigenvalue weighted by molar-refractivity contribution is 6.07. The zero-order chi connectivity index (χ0) is 26.0. The van der Waals surface area contributed by atoms with Gasteiger partial charge in [0.05, 0.1) is 18.0 Å². The molecular weight excluding hydrogens is 464 g/mol. The first-order valence-electron chi connectivity index (χ1n) is 11.7. The van der Waals surface area contributed by atoms with Gasteiger partial charge in [0.2, 0.25) is 5.91 Å². The van der Waals surface area contributed by atoms with Crippen molar-refractivity contribution in [3.8, 4) is 11.1 Å². The molecule has 2 N–H and O–H groups in total. The predicted molar refractivity (Wildman–Crippen MR) is 133 cm³/mol. The van der Waals surface area contributed by atoms with Crippen molar-refractivity contribution in [3.05, 3.63) is 89.5 Å². The minimum atomic E-state index is -0.989. The standard InChI is InChI=1S/C28H27F2N3O3/c1-16(2)26(31-25(34)14-18-12-19(29)15-20(30)13-18)27(35)32-33-24-11-7-6-10-23(24)22-9-5-4-8-21(22)17(3)28(33)36/h4-13,15-17,26H,14H2,1-3H3,(H,31,34)(H,32,35)/t17?,26-/m0/s1. The molecule has 3 amide bonds. The Labute approximate surface area is 208 Å². The zero-order valence-corrected chi connectivity index (χ0v) is 20.2. The van der Waals surface area contributed by atoms with Crippen LogP contribution >= 0.6 is 0 Å². The molecule has 0 fully saturated rings. The fourth-order valence-corrected chi connectivity index (χ4v) is 4.41. The Bertz CT molecular complexity index is 1300. The Morgan fingerprint density at radius 2 is 1.56 bits per heavy atom. The number of rotatable bonds is 6. The van der Waals surface area contributed by atoms with Crippen LogP contribution in [0.25, 0.3) is 11.1 Å². The lowest BCUT2D eigenvalue weighted by Crippen LogP contribution is -2.56. The monoisotopic (exact) mass is 491 g/mol. The number of amides is 3. The fourth-order valence-electron chi connectivity index (χ4n) is 4.41. The molecule has 2 atom stereocenters. The van der Waals surface area contributed by atoms with Crippen LogP contribution < -0.4 is 15.8 Å². The predicted octanol–water partition coefficient (Wildman–Crippen LogP) is 4.50. The highest BCUT2D eigenvalue weighted by Gasteiger charge is 2.34. The number of benzene rings is 3. The quantitative estimate of drug-likeness (QED) is 0.533. The zero-order valence-electron chi connectivity index (χ0n) is 20.2. The van der Waals surface area contributed by atoms with Crippen LogP contribution in [0.4, 0.5) is 14.5 Å². The van der Waals surface area contributed by atoms with E-state index in [1.54, 1.807) is 32.9 Å². The summed E-state index contributed by atoms with van der Waals surface area (Å²) in [5.41, 5.74) is 5.93. The average Bonchev–Trinajstić information content (AvgIpc) is 2.91. The van der Waals surface area contributed by atoms with Crippen molar-refractivity contribution in [2.75, 3.05) is 5.01 Å². The average molecular weight is 492 g/mol. The summed E-state index contributed by atoms with van der Waals surface area (Å²) in [5.74, 6) is -3.89. The van der Waals surface area contributed by atoms with Gasteiger partial charge in [-0.05, 0) is 47.7 Å². The molecule has 1 aliphatic heterocycles. The normalized spacial score (nSPS) is 15.6. The van der Waals surface area contributed by atoms with Crippen LogP contribution in [0, 0.1) is 17.6 Å². The van der Waals surface area contributed by atoms with E-state index < -0.39 is 35.4 Å². The van der Waals surface area contributed by atoms with Crippen molar-refractivity contribution >= 4 is 23.4 Å². The molecule has 0 bridgehead atoms. The topological polar surface area (TPSA) is 78.5 Å². The molecule has 0 saturated heterocycles. The number of fused-ring (bicyclic) bond motifs is 3. The maximum atomic E-state index is 13.5. The van der Waals surface area contributed by atoms with E-state index in [9.17, 15) is 23.2 Å². The molecule has 186 valence electrons. The Morgan fingerprint density at radius 3 is 2.22 bits per heavy atom. The summed E-state index contributed by atoms with van der Waals surface area (Å²) >= 11 is 0. The summed E-state index contributed by atoms with van der Waals surface area (Å²) in [6.45, 7) is 5.29. The Balaban J connectivity index is 1.58. The van der Waals surface area contributed by atoms with E-state index in [1.165, 1.54) is 5.01 Å². The van der Waals surface area contributed by atoms with Crippen molar-refractivity contribution in [2.45, 2.75) is 39.2 Å². The number of hydrogen-bond donors (Lipinski definition) is 2. The van der Waals surface area contributed by atoms with Gasteiger partial charge in [-0.2, -0.15) is 0 Å². The first-order valence-corrected chi connectivity index (χ1v) is 11.7. The van der Waals surface area contributed by atoms with Crippen molar-refractivity contribution in [1.82, 2.24) is 10.7 Å². The molecular formula is C28H27F2N3O3. The third-order valence-electron chi connectivity index (χ3n) is 6.23. The van der Waals surface area contributed by atoms with E-state index in [2.05, 4.69) is 10.7 Å². The van der Waals surface area contributed by atoms with E-state index >= 15 is 0 Å². The Kier molecular flexibility index (Phi) is 7.15. The van der Waals surface area contributed by atoms with Gasteiger partial charge >= 0.3 is 0 Å². The highest BCUT2D eigenvalue weighted by Crippen LogP contribution is 2.40. The Hall–Kier alpha value is -4.07. The molecule has 1 heterocycles. The summed E-state index contributed by atoms with van der Waals surface area (Å²) in [7, 11) is 0. The van der Waals surface area contributed by atoms with E-state index in [0.717, 1.165) is 34.9 Å². The van der Waals surface area contributed by atoms with Crippen LogP contribution in [0.1, 0.15) is 37.8 Å². The number of nitrogens with zero attached hydrogens (tertiary/aromatic N) is 1. The smallest absolute Gasteiger partial charge is 0.261 e. The van der Waals surface area contributed by atoms with Crippen molar-refractivity contribution < 1.29 is 23.2 Å². The van der Waals surface area contributed by atoms with Crippen molar-refractivity contribution in [2.24, 2.45) is 5.92 Å². The number of carbonyl (C=O) groups excluding carboxylic acids is 3. The van der Waals surface area contributed by atoms with Gasteiger partial charge < -0.3 is 5.32 Å². The molecule has 0 spiro atoms. The highest BCUT2D eigenvalue weighted by atomic mass is 19.1. The maximum Gasteiger partial charge on any atom is 0.261 e. The van der Waals surface area contributed by atoms with Crippen LogP contribution in [-0.2, 0) is 20.8 Å². The van der Waals surface area contributed by atoms with Crippen LogP contribution in [0.5, 0.6) is 0 Å². The van der Waals surface area contributed by atoms with Gasteiger partial charge in [-0.25, -0.2) is 13.8 Å². The molecule has 3 aromatic rings. The summed E-state index contributed by atoms with van der Waals surface area (Å²) in [6.07, 6.45) is -0.303. The second-order valence-electron chi connectivity index (χ2n) is 9.22. The molecule has 1 aliphatic rings. The second-order valence-corrected chi connectivity index (χ2v) is 9.22. The molecule has 4 rings (SSSR count). The van der Waals surface area contributed by atoms with Crippen LogP contribution in [-0.4, -0.2) is 23.8 Å². The molecule has 0 aromatic heterocycles. The lowest BCUT2D eigenvalue weighted by molar-refractivity contribution is -0.131. The lowest BCUT2D eigenvalue weighted by atomic mass is 9.92. The molecule has 3 aromatic carbocycles. The molecule has 1 unspecified atom stereocenters. The SMILES string of the molecule is CC1C(=O)N(NC(=O)[C@@H](NC(=O)Cc2cc(F)cc(F)c2)C(C)C)c2ccccc2-c2ccccc21. The minimum absolute atomic E-state index is 0.149. The molecule has 36 heavy (non-hydrogen) atoms. The largest absolute Gasteiger partial charge is 0.344 e. The number of hydrazine groups is 1. The third-order valence-corrected chi connectivity index (χ3v) is 6.23. The summed E-state index contributed by atoms with van der Waals surface area (Å²) in [5, 5.41) is 3.88. The summed E-state index contributed by atoms with van der Waals surface area (Å²) in [6, 6.07) is 16.8. The maximum absolute atomic E-state index is 13.5. The number of anilines is 1. The van der Waals surface area contributed by atoms with Gasteiger partial charge in [-0.1, -0.05) is 56.3 Å². The Morgan fingerprint density at radius 1 is 0.944 bits per heavy atom. The van der Waals surface area contributed by atoms with Crippen LogP contribution in [0.3, 0.4) is 0 Å². The van der Waals surface area contributed by atoms with Gasteiger partial charge in [0.25, 0.3) is 11.8 Å². The van der Waals surface area contributed by atoms with E-state index in [0.29, 0.717) is 5.69 Å².